The summed E-state index contributed by atoms with van der Waals surface area (Å²) in [4.78, 5) is 0. The molecule has 3 rings (SSSR count). The molecule has 0 aromatic heterocycles. The van der Waals surface area contributed by atoms with E-state index in [-0.39, 0.29) is 0 Å². The molecule has 68 valence electrons. The van der Waals surface area contributed by atoms with Crippen LogP contribution in [0.2, 0.25) is 0 Å². The molecule has 14 heavy (non-hydrogen) atoms. The van der Waals surface area contributed by atoms with Crippen LogP contribution in [0.25, 0.3) is 22.3 Å². The third-order valence-corrected chi connectivity index (χ3v) is 3.09. The molecule has 0 heteroatoms. The molecule has 0 unspecified atom stereocenters. The Balaban J connectivity index is 2.37. The molecule has 0 saturated heterocycles. The summed E-state index contributed by atoms with van der Waals surface area (Å²) in [5, 5.41) is 0. The van der Waals surface area contributed by atoms with Crippen molar-refractivity contribution in [2.75, 3.05) is 0 Å². The zero-order valence-corrected chi connectivity index (χ0v) is 8.46. The van der Waals surface area contributed by atoms with Crippen LogP contribution >= 0.6 is 0 Å². The minimum absolute atomic E-state index is 1.39. The van der Waals surface area contributed by atoms with Crippen LogP contribution < -0.4 is 0 Å². The summed E-state index contributed by atoms with van der Waals surface area (Å²) in [6.45, 7) is 4.38. The molecule has 0 spiro atoms. The maximum Gasteiger partial charge on any atom is -0.00670 e. The maximum atomic E-state index is 2.21. The Hall–Kier alpha value is -1.56. The average molecular weight is 180 g/mol. The van der Waals surface area contributed by atoms with Crippen LogP contribution in [-0.2, 0) is 0 Å². The number of fused-ring (bicyclic) bond motifs is 4. The zero-order chi connectivity index (χ0) is 9.71. The number of aryl methyl sites for hydroxylation is 2. The third-order valence-electron chi connectivity index (χ3n) is 3.09. The van der Waals surface area contributed by atoms with Crippen LogP contribution in [0.15, 0.2) is 36.4 Å². The fourth-order valence-electron chi connectivity index (χ4n) is 2.39. The van der Waals surface area contributed by atoms with E-state index < -0.39 is 0 Å². The monoisotopic (exact) mass is 180 g/mol. The quantitative estimate of drug-likeness (QED) is 0.491. The van der Waals surface area contributed by atoms with E-state index in [4.69, 9.17) is 0 Å². The lowest BCUT2D eigenvalue weighted by atomic mass is 9.76. The molecule has 1 aliphatic rings. The van der Waals surface area contributed by atoms with Crippen LogP contribution in [0.1, 0.15) is 11.1 Å². The lowest BCUT2D eigenvalue weighted by molar-refractivity contribution is 1.36. The van der Waals surface area contributed by atoms with Gasteiger partial charge in [0.1, 0.15) is 0 Å². The molecule has 0 atom stereocenters. The highest BCUT2D eigenvalue weighted by molar-refractivity contribution is 6.04. The first-order valence-electron chi connectivity index (χ1n) is 4.99. The molecule has 0 fully saturated rings. The number of hydrogen-bond donors (Lipinski definition) is 0. The summed E-state index contributed by atoms with van der Waals surface area (Å²) in [7, 11) is 0. The summed E-state index contributed by atoms with van der Waals surface area (Å²) < 4.78 is 0. The summed E-state index contributed by atoms with van der Waals surface area (Å²) in [5.41, 5.74) is 8.54. The van der Waals surface area contributed by atoms with Crippen molar-refractivity contribution in [3.63, 3.8) is 0 Å². The molecule has 0 amide bonds. The highest BCUT2D eigenvalue weighted by atomic mass is 14.3. The van der Waals surface area contributed by atoms with Crippen molar-refractivity contribution in [1.82, 2.24) is 0 Å². The summed E-state index contributed by atoms with van der Waals surface area (Å²) in [5.74, 6) is 0. The second kappa shape index (κ2) is 2.48. The molecular formula is C14H12. The van der Waals surface area contributed by atoms with E-state index in [1.165, 1.54) is 33.4 Å². The smallest absolute Gasteiger partial charge is 0.00670 e. The van der Waals surface area contributed by atoms with Crippen LogP contribution in [0, 0.1) is 13.8 Å². The Morgan fingerprint density at radius 1 is 0.643 bits per heavy atom. The molecule has 2 aromatic rings. The first-order valence-corrected chi connectivity index (χ1v) is 4.99. The van der Waals surface area contributed by atoms with Gasteiger partial charge >= 0.3 is 0 Å². The van der Waals surface area contributed by atoms with E-state index in [9.17, 15) is 0 Å². The fourth-order valence-corrected chi connectivity index (χ4v) is 2.39. The molecule has 0 saturated carbocycles. The van der Waals surface area contributed by atoms with E-state index in [0.29, 0.717) is 0 Å². The molecule has 0 aliphatic heterocycles. The first-order chi connectivity index (χ1) is 6.79. The van der Waals surface area contributed by atoms with Gasteiger partial charge in [-0.15, -0.1) is 0 Å². The molecule has 0 bridgehead atoms. The summed E-state index contributed by atoms with van der Waals surface area (Å²) in [6.07, 6.45) is 0. The summed E-state index contributed by atoms with van der Waals surface area (Å²) in [6, 6.07) is 13.1. The van der Waals surface area contributed by atoms with E-state index in [2.05, 4.69) is 50.2 Å². The van der Waals surface area contributed by atoms with Crippen molar-refractivity contribution < 1.29 is 0 Å². The normalized spacial score (nSPS) is 11.6. The number of benzene rings is 2. The SMILES string of the molecule is Cc1cccc2c1-c1c(C)cccc1-2. The van der Waals surface area contributed by atoms with Gasteiger partial charge in [-0.05, 0) is 47.2 Å². The standard InChI is InChI=1S/C14H12/c1-9-5-3-7-11-12-8-4-6-10(2)14(12)13(9)11/h3-8H,1-2H3. The van der Waals surface area contributed by atoms with Crippen molar-refractivity contribution >= 4 is 0 Å². The summed E-state index contributed by atoms with van der Waals surface area (Å²) >= 11 is 0. The van der Waals surface area contributed by atoms with Gasteiger partial charge in [-0.3, -0.25) is 0 Å². The van der Waals surface area contributed by atoms with E-state index in [1.807, 2.05) is 0 Å². The van der Waals surface area contributed by atoms with Crippen LogP contribution in [0.4, 0.5) is 0 Å². The molecule has 0 N–H and O–H groups in total. The zero-order valence-electron chi connectivity index (χ0n) is 8.46. The molecule has 0 radical (unpaired) electrons. The average Bonchev–Trinajstić information content (AvgIpc) is 2.14. The topological polar surface area (TPSA) is 0 Å². The third kappa shape index (κ3) is 0.784. The first kappa shape index (κ1) is 7.81. The van der Waals surface area contributed by atoms with Crippen LogP contribution in [0.3, 0.4) is 0 Å². The van der Waals surface area contributed by atoms with Gasteiger partial charge in [0.15, 0.2) is 0 Å². The fraction of sp³-hybridized carbons (Fsp3) is 0.143. The van der Waals surface area contributed by atoms with Gasteiger partial charge in [0, 0.05) is 0 Å². The molecule has 2 aromatic carbocycles. The highest BCUT2D eigenvalue weighted by Gasteiger charge is 2.24. The molecule has 0 heterocycles. The predicted octanol–water partition coefficient (Wildman–Crippen LogP) is 3.95. The molecular weight excluding hydrogens is 168 g/mol. The largest absolute Gasteiger partial charge is 0.0613 e. The minimum atomic E-state index is 1.39. The highest BCUT2D eigenvalue weighted by Crippen LogP contribution is 2.49. The van der Waals surface area contributed by atoms with E-state index in [1.54, 1.807) is 0 Å². The number of rotatable bonds is 0. The van der Waals surface area contributed by atoms with Crippen molar-refractivity contribution in [2.45, 2.75) is 13.8 Å². The van der Waals surface area contributed by atoms with Crippen LogP contribution in [-0.4, -0.2) is 0 Å². The Kier molecular flexibility index (Phi) is 1.38. The number of hydrogen-bond acceptors (Lipinski definition) is 0. The van der Waals surface area contributed by atoms with Gasteiger partial charge in [0.2, 0.25) is 0 Å². The van der Waals surface area contributed by atoms with E-state index >= 15 is 0 Å². The second-order valence-corrected chi connectivity index (χ2v) is 3.99. The van der Waals surface area contributed by atoms with Gasteiger partial charge in [-0.25, -0.2) is 0 Å². The molecule has 0 nitrogen and oxygen atoms in total. The lowest BCUT2D eigenvalue weighted by Gasteiger charge is -2.27. The lowest BCUT2D eigenvalue weighted by Crippen LogP contribution is -2.02. The predicted molar refractivity (Wildman–Crippen MR) is 60.3 cm³/mol. The van der Waals surface area contributed by atoms with Gasteiger partial charge < -0.3 is 0 Å². The molecule has 1 aliphatic carbocycles. The van der Waals surface area contributed by atoms with Crippen molar-refractivity contribution in [1.29, 1.82) is 0 Å². The van der Waals surface area contributed by atoms with Crippen LogP contribution in [0.5, 0.6) is 0 Å². The van der Waals surface area contributed by atoms with Gasteiger partial charge in [-0.1, -0.05) is 36.4 Å². The van der Waals surface area contributed by atoms with Crippen molar-refractivity contribution in [3.05, 3.63) is 47.5 Å². The van der Waals surface area contributed by atoms with Gasteiger partial charge in [0.25, 0.3) is 0 Å². The Morgan fingerprint density at radius 2 is 1.07 bits per heavy atom. The minimum Gasteiger partial charge on any atom is -0.0613 e. The van der Waals surface area contributed by atoms with Crippen molar-refractivity contribution in [2.24, 2.45) is 0 Å². The Bertz CT molecular complexity index is 472. The van der Waals surface area contributed by atoms with Crippen molar-refractivity contribution in [3.8, 4) is 22.3 Å². The van der Waals surface area contributed by atoms with Gasteiger partial charge in [0.05, 0.1) is 0 Å². The Morgan fingerprint density at radius 3 is 1.50 bits per heavy atom. The second-order valence-electron chi connectivity index (χ2n) is 3.99. The maximum absolute atomic E-state index is 2.21. The van der Waals surface area contributed by atoms with E-state index in [0.717, 1.165) is 0 Å². The van der Waals surface area contributed by atoms with Gasteiger partial charge in [-0.2, -0.15) is 0 Å². The Labute approximate surface area is 84.2 Å².